The number of fused-ring (bicyclic) bond motifs is 1. The molecule has 0 atom stereocenters. The SMILES string of the molecule is CCCCCn1nc(C(=O)N2CCN(CCOc3ccccc3)CC2)c2ccccc2c1=O. The van der Waals surface area contributed by atoms with Crippen molar-refractivity contribution in [2.45, 2.75) is 32.7 Å². The Hall–Kier alpha value is -3.19. The molecule has 1 fully saturated rings. The van der Waals surface area contributed by atoms with Crippen LogP contribution in [0.15, 0.2) is 59.4 Å². The number of para-hydroxylation sites is 1. The lowest BCUT2D eigenvalue weighted by Crippen LogP contribution is -2.50. The van der Waals surface area contributed by atoms with Gasteiger partial charge in [-0.1, -0.05) is 56.2 Å². The zero-order chi connectivity index (χ0) is 23.0. The van der Waals surface area contributed by atoms with E-state index in [0.717, 1.165) is 44.6 Å². The summed E-state index contributed by atoms with van der Waals surface area (Å²) in [4.78, 5) is 30.5. The van der Waals surface area contributed by atoms with Crippen LogP contribution in [0, 0.1) is 0 Å². The maximum atomic E-state index is 13.4. The third-order valence-electron chi connectivity index (χ3n) is 6.12. The van der Waals surface area contributed by atoms with Gasteiger partial charge in [-0.25, -0.2) is 4.68 Å². The minimum Gasteiger partial charge on any atom is -0.492 e. The van der Waals surface area contributed by atoms with E-state index in [1.807, 2.05) is 53.4 Å². The van der Waals surface area contributed by atoms with E-state index in [9.17, 15) is 9.59 Å². The largest absolute Gasteiger partial charge is 0.492 e. The molecule has 0 spiro atoms. The van der Waals surface area contributed by atoms with Crippen LogP contribution in [-0.2, 0) is 6.54 Å². The van der Waals surface area contributed by atoms with Crippen molar-refractivity contribution in [1.29, 1.82) is 0 Å². The first-order chi connectivity index (χ1) is 16.2. The fourth-order valence-electron chi connectivity index (χ4n) is 4.19. The topological polar surface area (TPSA) is 67.7 Å². The van der Waals surface area contributed by atoms with Crippen LogP contribution >= 0.6 is 0 Å². The highest BCUT2D eigenvalue weighted by molar-refractivity contribution is 6.04. The summed E-state index contributed by atoms with van der Waals surface area (Å²) in [6.07, 6.45) is 2.97. The molecule has 1 amide bonds. The lowest BCUT2D eigenvalue weighted by atomic mass is 10.1. The predicted octanol–water partition coefficient (Wildman–Crippen LogP) is 3.42. The van der Waals surface area contributed by atoms with Gasteiger partial charge in [0.1, 0.15) is 12.4 Å². The fourth-order valence-corrected chi connectivity index (χ4v) is 4.19. The highest BCUT2D eigenvalue weighted by Gasteiger charge is 2.25. The average molecular weight is 449 g/mol. The zero-order valence-corrected chi connectivity index (χ0v) is 19.3. The minimum atomic E-state index is -0.124. The van der Waals surface area contributed by atoms with E-state index in [1.165, 1.54) is 4.68 Å². The maximum Gasteiger partial charge on any atom is 0.275 e. The second-order valence-electron chi connectivity index (χ2n) is 8.42. The van der Waals surface area contributed by atoms with Crippen LogP contribution in [0.5, 0.6) is 5.75 Å². The normalized spacial score (nSPS) is 14.5. The van der Waals surface area contributed by atoms with Crippen molar-refractivity contribution in [1.82, 2.24) is 19.6 Å². The number of ether oxygens (including phenoxy) is 1. The lowest BCUT2D eigenvalue weighted by Gasteiger charge is -2.34. The predicted molar refractivity (Wildman–Crippen MR) is 130 cm³/mol. The lowest BCUT2D eigenvalue weighted by molar-refractivity contribution is 0.0614. The molecule has 2 heterocycles. The molecule has 174 valence electrons. The number of carbonyl (C=O) groups is 1. The second kappa shape index (κ2) is 11.1. The molecule has 4 rings (SSSR count). The standard InChI is InChI=1S/C26H32N4O3/c1-2-3-9-14-30-25(31)23-13-8-7-12-22(23)24(27-30)26(32)29-17-15-28(16-18-29)19-20-33-21-10-5-4-6-11-21/h4-8,10-13H,2-3,9,14-20H2,1H3. The third-order valence-corrected chi connectivity index (χ3v) is 6.12. The van der Waals surface area contributed by atoms with Crippen LogP contribution in [0.1, 0.15) is 36.7 Å². The molecule has 1 aliphatic heterocycles. The van der Waals surface area contributed by atoms with Gasteiger partial charge in [0, 0.05) is 44.7 Å². The van der Waals surface area contributed by atoms with Gasteiger partial charge in [-0.15, -0.1) is 0 Å². The van der Waals surface area contributed by atoms with Crippen molar-refractivity contribution in [3.05, 3.63) is 70.6 Å². The number of hydrogen-bond acceptors (Lipinski definition) is 5. The first-order valence-electron chi connectivity index (χ1n) is 11.9. The molecule has 0 N–H and O–H groups in total. The number of amides is 1. The molecular formula is C26H32N4O3. The van der Waals surface area contributed by atoms with E-state index in [1.54, 1.807) is 6.07 Å². The summed E-state index contributed by atoms with van der Waals surface area (Å²) in [7, 11) is 0. The van der Waals surface area contributed by atoms with Gasteiger partial charge in [-0.2, -0.15) is 5.10 Å². The molecule has 0 radical (unpaired) electrons. The molecule has 3 aromatic rings. The van der Waals surface area contributed by atoms with Crippen molar-refractivity contribution in [2.24, 2.45) is 0 Å². The first kappa shape index (κ1) is 23.0. The van der Waals surface area contributed by atoms with Crippen LogP contribution in [0.25, 0.3) is 10.8 Å². The minimum absolute atomic E-state index is 0.101. The number of benzene rings is 2. The smallest absolute Gasteiger partial charge is 0.275 e. The highest BCUT2D eigenvalue weighted by atomic mass is 16.5. The summed E-state index contributed by atoms with van der Waals surface area (Å²) in [5.74, 6) is 0.772. The van der Waals surface area contributed by atoms with Crippen LogP contribution < -0.4 is 10.3 Å². The molecule has 1 saturated heterocycles. The van der Waals surface area contributed by atoms with Gasteiger partial charge in [0.15, 0.2) is 5.69 Å². The quantitative estimate of drug-likeness (QED) is 0.469. The number of piperazine rings is 1. The molecule has 7 heteroatoms. The maximum absolute atomic E-state index is 13.4. The number of nitrogens with zero attached hydrogens (tertiary/aromatic N) is 4. The summed E-state index contributed by atoms with van der Waals surface area (Å²) in [5, 5.41) is 5.73. The first-order valence-corrected chi connectivity index (χ1v) is 11.9. The molecule has 7 nitrogen and oxygen atoms in total. The Bertz CT molecular complexity index is 1120. The molecule has 0 bridgehead atoms. The molecule has 0 unspecified atom stereocenters. The van der Waals surface area contributed by atoms with Crippen molar-refractivity contribution in [3.8, 4) is 5.75 Å². The van der Waals surface area contributed by atoms with Gasteiger partial charge in [0.25, 0.3) is 11.5 Å². The molecule has 1 aliphatic rings. The van der Waals surface area contributed by atoms with Crippen LogP contribution in [-0.4, -0.2) is 64.8 Å². The van der Waals surface area contributed by atoms with E-state index in [4.69, 9.17) is 4.74 Å². The van der Waals surface area contributed by atoms with Gasteiger partial charge in [-0.3, -0.25) is 14.5 Å². The Kier molecular flexibility index (Phi) is 7.73. The van der Waals surface area contributed by atoms with Crippen LogP contribution in [0.3, 0.4) is 0 Å². The van der Waals surface area contributed by atoms with Gasteiger partial charge in [0.05, 0.1) is 5.39 Å². The molecule has 1 aromatic heterocycles. The Morgan fingerprint density at radius 3 is 2.33 bits per heavy atom. The van der Waals surface area contributed by atoms with Crippen molar-refractivity contribution >= 4 is 16.7 Å². The summed E-state index contributed by atoms with van der Waals surface area (Å²) >= 11 is 0. The molecule has 2 aromatic carbocycles. The van der Waals surface area contributed by atoms with Gasteiger partial charge in [-0.05, 0) is 24.6 Å². The number of carbonyl (C=O) groups excluding carboxylic acids is 1. The Labute approximate surface area is 194 Å². The second-order valence-corrected chi connectivity index (χ2v) is 8.42. The van der Waals surface area contributed by atoms with Crippen LogP contribution in [0.2, 0.25) is 0 Å². The number of aryl methyl sites for hydroxylation is 1. The highest BCUT2D eigenvalue weighted by Crippen LogP contribution is 2.17. The van der Waals surface area contributed by atoms with E-state index in [0.29, 0.717) is 42.7 Å². The fraction of sp³-hybridized carbons (Fsp3) is 0.423. The monoisotopic (exact) mass is 448 g/mol. The van der Waals surface area contributed by atoms with Gasteiger partial charge in [0.2, 0.25) is 0 Å². The Balaban J connectivity index is 1.41. The van der Waals surface area contributed by atoms with Crippen molar-refractivity contribution < 1.29 is 9.53 Å². The molecule has 0 aliphatic carbocycles. The number of hydrogen-bond donors (Lipinski definition) is 0. The van der Waals surface area contributed by atoms with Gasteiger partial charge < -0.3 is 9.64 Å². The molecule has 0 saturated carbocycles. The third kappa shape index (κ3) is 5.60. The summed E-state index contributed by atoms with van der Waals surface area (Å²) in [5.41, 5.74) is 0.254. The van der Waals surface area contributed by atoms with E-state index >= 15 is 0 Å². The molecular weight excluding hydrogens is 416 g/mol. The van der Waals surface area contributed by atoms with E-state index in [2.05, 4.69) is 16.9 Å². The van der Waals surface area contributed by atoms with Crippen molar-refractivity contribution in [3.63, 3.8) is 0 Å². The van der Waals surface area contributed by atoms with Crippen molar-refractivity contribution in [2.75, 3.05) is 39.3 Å². The average Bonchev–Trinajstić information content (AvgIpc) is 2.86. The van der Waals surface area contributed by atoms with E-state index in [-0.39, 0.29) is 11.5 Å². The Morgan fingerprint density at radius 1 is 0.909 bits per heavy atom. The summed E-state index contributed by atoms with van der Waals surface area (Å²) in [6, 6.07) is 17.1. The summed E-state index contributed by atoms with van der Waals surface area (Å²) in [6.45, 7) is 6.94. The number of aromatic nitrogens is 2. The zero-order valence-electron chi connectivity index (χ0n) is 19.3. The molecule has 33 heavy (non-hydrogen) atoms. The van der Waals surface area contributed by atoms with Crippen LogP contribution in [0.4, 0.5) is 0 Å². The summed E-state index contributed by atoms with van der Waals surface area (Å²) < 4.78 is 7.28. The Morgan fingerprint density at radius 2 is 1.61 bits per heavy atom. The number of rotatable bonds is 9. The van der Waals surface area contributed by atoms with E-state index < -0.39 is 0 Å². The van der Waals surface area contributed by atoms with Gasteiger partial charge >= 0.3 is 0 Å². The number of unbranched alkanes of at least 4 members (excludes halogenated alkanes) is 2.